The summed E-state index contributed by atoms with van der Waals surface area (Å²) < 4.78 is 18.6. The number of aromatic nitrogens is 1. The molecule has 3 fully saturated rings. The molecule has 35 heavy (non-hydrogen) atoms. The van der Waals surface area contributed by atoms with Crippen molar-refractivity contribution in [1.82, 2.24) is 15.6 Å². The second-order valence-electron chi connectivity index (χ2n) is 10.0. The van der Waals surface area contributed by atoms with Crippen LogP contribution in [0.15, 0.2) is 48.7 Å². The number of ether oxygens (including phenoxy) is 1. The quantitative estimate of drug-likeness (QED) is 0.638. The first-order valence-electron chi connectivity index (χ1n) is 12.6. The van der Waals surface area contributed by atoms with E-state index in [2.05, 4.69) is 21.7 Å². The number of hydrogen-bond acceptors (Lipinski definition) is 4. The molecule has 184 valence electrons. The first-order valence-corrected chi connectivity index (χ1v) is 12.6. The molecule has 2 amide bonds. The monoisotopic (exact) mass is 477 g/mol. The highest BCUT2D eigenvalue weighted by atomic mass is 19.1. The fraction of sp³-hybridized carbons (Fsp3) is 0.464. The van der Waals surface area contributed by atoms with Crippen molar-refractivity contribution >= 4 is 18.1 Å². The summed E-state index contributed by atoms with van der Waals surface area (Å²) in [6, 6.07) is 10.7. The van der Waals surface area contributed by atoms with Gasteiger partial charge in [-0.1, -0.05) is 24.3 Å². The molecule has 7 heteroatoms. The minimum absolute atomic E-state index is 0.124. The SMILES string of the molecule is CCOC(=O)N[C@H]1CC[C@@H]2[C@@H](C1)C[C@@H]1CC(=O)N[C@@H]1[C@H]2/C=C/c1ccc(-c2cccc(F)c2)cn1. The first kappa shape index (κ1) is 23.5. The molecule has 2 heterocycles. The van der Waals surface area contributed by atoms with Crippen LogP contribution in [0.1, 0.15) is 44.7 Å². The highest BCUT2D eigenvalue weighted by Crippen LogP contribution is 2.49. The second kappa shape index (κ2) is 10.2. The molecule has 2 saturated carbocycles. The van der Waals surface area contributed by atoms with Crippen LogP contribution in [0.5, 0.6) is 0 Å². The van der Waals surface area contributed by atoms with Crippen LogP contribution >= 0.6 is 0 Å². The van der Waals surface area contributed by atoms with E-state index in [1.807, 2.05) is 31.2 Å². The van der Waals surface area contributed by atoms with Gasteiger partial charge in [0, 0.05) is 36.2 Å². The van der Waals surface area contributed by atoms with Crippen molar-refractivity contribution < 1.29 is 18.7 Å². The Kier molecular flexibility index (Phi) is 6.84. The van der Waals surface area contributed by atoms with E-state index in [0.29, 0.717) is 30.8 Å². The number of nitrogens with zero attached hydrogens (tertiary/aromatic N) is 1. The Morgan fingerprint density at radius 1 is 1.20 bits per heavy atom. The molecule has 0 radical (unpaired) electrons. The minimum Gasteiger partial charge on any atom is -0.450 e. The maximum absolute atomic E-state index is 13.6. The predicted molar refractivity (Wildman–Crippen MR) is 132 cm³/mol. The summed E-state index contributed by atoms with van der Waals surface area (Å²) in [5, 5.41) is 6.26. The van der Waals surface area contributed by atoms with E-state index in [1.54, 1.807) is 12.3 Å². The summed E-state index contributed by atoms with van der Waals surface area (Å²) in [6.45, 7) is 2.18. The van der Waals surface area contributed by atoms with Crippen molar-refractivity contribution in [2.24, 2.45) is 23.7 Å². The third-order valence-corrected chi connectivity index (χ3v) is 7.87. The zero-order chi connectivity index (χ0) is 24.4. The van der Waals surface area contributed by atoms with Gasteiger partial charge in [0.1, 0.15) is 5.82 Å². The van der Waals surface area contributed by atoms with E-state index in [0.717, 1.165) is 42.5 Å². The van der Waals surface area contributed by atoms with Crippen LogP contribution in [0.3, 0.4) is 0 Å². The predicted octanol–water partition coefficient (Wildman–Crippen LogP) is 4.96. The van der Waals surface area contributed by atoms with Gasteiger partial charge in [-0.15, -0.1) is 0 Å². The number of halogens is 1. The van der Waals surface area contributed by atoms with Crippen molar-refractivity contribution in [2.75, 3.05) is 6.61 Å². The van der Waals surface area contributed by atoms with Gasteiger partial charge in [0.25, 0.3) is 0 Å². The Hall–Kier alpha value is -3.22. The molecule has 1 aromatic carbocycles. The van der Waals surface area contributed by atoms with Crippen LogP contribution < -0.4 is 10.6 Å². The summed E-state index contributed by atoms with van der Waals surface area (Å²) in [7, 11) is 0. The fourth-order valence-corrected chi connectivity index (χ4v) is 6.37. The lowest BCUT2D eigenvalue weighted by Crippen LogP contribution is -2.50. The Labute approximate surface area is 205 Å². The van der Waals surface area contributed by atoms with E-state index in [-0.39, 0.29) is 35.8 Å². The van der Waals surface area contributed by atoms with E-state index in [1.165, 1.54) is 12.1 Å². The Bertz CT molecular complexity index is 1100. The molecule has 6 atom stereocenters. The number of pyridine rings is 1. The summed E-state index contributed by atoms with van der Waals surface area (Å²) in [5.41, 5.74) is 2.51. The zero-order valence-corrected chi connectivity index (χ0v) is 20.0. The second-order valence-corrected chi connectivity index (χ2v) is 10.0. The number of carbonyl (C=O) groups excluding carboxylic acids is 2. The number of fused-ring (bicyclic) bond motifs is 2. The molecule has 1 aromatic heterocycles. The van der Waals surface area contributed by atoms with E-state index >= 15 is 0 Å². The van der Waals surface area contributed by atoms with Gasteiger partial charge < -0.3 is 15.4 Å². The number of hydrogen-bond donors (Lipinski definition) is 2. The fourth-order valence-electron chi connectivity index (χ4n) is 6.37. The van der Waals surface area contributed by atoms with Crippen LogP contribution in [0.25, 0.3) is 17.2 Å². The molecular formula is C28H32FN3O3. The van der Waals surface area contributed by atoms with E-state index in [9.17, 15) is 14.0 Å². The van der Waals surface area contributed by atoms with Crippen LogP contribution in [-0.4, -0.2) is 35.7 Å². The molecule has 0 bridgehead atoms. The lowest BCUT2D eigenvalue weighted by atomic mass is 9.59. The molecule has 1 saturated heterocycles. The first-order chi connectivity index (χ1) is 17.0. The van der Waals surface area contributed by atoms with Gasteiger partial charge in [-0.25, -0.2) is 9.18 Å². The Morgan fingerprint density at radius 3 is 2.86 bits per heavy atom. The number of amides is 2. The van der Waals surface area contributed by atoms with Gasteiger partial charge in [0.05, 0.1) is 12.3 Å². The third-order valence-electron chi connectivity index (χ3n) is 7.87. The lowest BCUT2D eigenvalue weighted by Gasteiger charge is -2.47. The normalized spacial score (nSPS) is 29.8. The minimum atomic E-state index is -0.341. The summed E-state index contributed by atoms with van der Waals surface area (Å²) in [6.07, 6.45) is 10.1. The van der Waals surface area contributed by atoms with Crippen molar-refractivity contribution in [1.29, 1.82) is 0 Å². The smallest absolute Gasteiger partial charge is 0.407 e. The number of alkyl carbamates (subject to hydrolysis) is 1. The number of benzene rings is 1. The molecule has 2 aliphatic carbocycles. The highest BCUT2D eigenvalue weighted by molar-refractivity contribution is 5.79. The lowest BCUT2D eigenvalue weighted by molar-refractivity contribution is -0.119. The topological polar surface area (TPSA) is 80.3 Å². The molecular weight excluding hydrogens is 445 g/mol. The molecule has 2 N–H and O–H groups in total. The van der Waals surface area contributed by atoms with Crippen LogP contribution in [0.4, 0.5) is 9.18 Å². The summed E-state index contributed by atoms with van der Waals surface area (Å²) >= 11 is 0. The van der Waals surface area contributed by atoms with Crippen LogP contribution in [0, 0.1) is 29.5 Å². The highest BCUT2D eigenvalue weighted by Gasteiger charge is 2.49. The average molecular weight is 478 g/mol. The van der Waals surface area contributed by atoms with Gasteiger partial charge in [0.15, 0.2) is 0 Å². The van der Waals surface area contributed by atoms with Crippen molar-refractivity contribution in [3.05, 3.63) is 60.2 Å². The number of rotatable bonds is 5. The molecule has 3 aliphatic rings. The van der Waals surface area contributed by atoms with E-state index < -0.39 is 0 Å². The largest absolute Gasteiger partial charge is 0.450 e. The Balaban J connectivity index is 1.31. The standard InChI is InChI=1S/C28H32FN3O3/c1-2-35-28(34)31-23-9-10-24-19(14-23)12-20-15-26(33)32-27(20)25(24)11-8-22-7-6-18(16-30-22)17-4-3-5-21(29)13-17/h3-8,11,13,16,19-20,23-25,27H,2,9-10,12,14-15H2,1H3,(H,31,34)(H,32,33)/b11-8+/t19-,20-,23+,24-,25+,27+/m1/s1. The Morgan fingerprint density at radius 2 is 2.09 bits per heavy atom. The molecule has 0 unspecified atom stereocenters. The average Bonchev–Trinajstić information content (AvgIpc) is 3.22. The molecule has 2 aromatic rings. The van der Waals surface area contributed by atoms with Crippen molar-refractivity contribution in [2.45, 2.75) is 51.1 Å². The van der Waals surface area contributed by atoms with Crippen LogP contribution in [0.2, 0.25) is 0 Å². The molecule has 5 rings (SSSR count). The summed E-state index contributed by atoms with van der Waals surface area (Å²) in [5.74, 6) is 1.34. The van der Waals surface area contributed by atoms with Crippen molar-refractivity contribution in [3.63, 3.8) is 0 Å². The molecule has 6 nitrogen and oxygen atoms in total. The number of nitrogens with one attached hydrogen (secondary N) is 2. The van der Waals surface area contributed by atoms with Gasteiger partial charge in [-0.3, -0.25) is 9.78 Å². The van der Waals surface area contributed by atoms with Gasteiger partial charge in [0.2, 0.25) is 5.91 Å². The van der Waals surface area contributed by atoms with Crippen LogP contribution in [-0.2, 0) is 9.53 Å². The van der Waals surface area contributed by atoms with Gasteiger partial charge in [-0.2, -0.15) is 0 Å². The summed E-state index contributed by atoms with van der Waals surface area (Å²) in [4.78, 5) is 28.8. The third kappa shape index (κ3) is 5.24. The number of carbonyl (C=O) groups is 2. The zero-order valence-electron chi connectivity index (χ0n) is 20.0. The maximum atomic E-state index is 13.6. The molecule has 1 aliphatic heterocycles. The maximum Gasteiger partial charge on any atom is 0.407 e. The van der Waals surface area contributed by atoms with Crippen molar-refractivity contribution in [3.8, 4) is 11.1 Å². The molecule has 0 spiro atoms. The van der Waals surface area contributed by atoms with Gasteiger partial charge in [-0.05, 0) is 80.2 Å². The van der Waals surface area contributed by atoms with E-state index in [4.69, 9.17) is 4.74 Å². The van der Waals surface area contributed by atoms with Gasteiger partial charge >= 0.3 is 6.09 Å².